The molecule has 0 saturated carbocycles. The van der Waals surface area contributed by atoms with Crippen LogP contribution < -0.4 is 5.43 Å². The molecule has 0 radical (unpaired) electrons. The van der Waals surface area contributed by atoms with E-state index in [-0.39, 0.29) is 5.91 Å². The fourth-order valence-corrected chi connectivity index (χ4v) is 3.45. The Kier molecular flexibility index (Phi) is 4.14. The molecule has 140 valence electrons. The summed E-state index contributed by atoms with van der Waals surface area (Å²) >= 11 is 0. The first-order chi connectivity index (χ1) is 14.3. The fourth-order valence-electron chi connectivity index (χ4n) is 3.45. The van der Waals surface area contributed by atoms with Gasteiger partial charge in [0.1, 0.15) is 5.69 Å². The van der Waals surface area contributed by atoms with Crippen molar-refractivity contribution in [2.75, 3.05) is 0 Å². The van der Waals surface area contributed by atoms with Gasteiger partial charge in [-0.05, 0) is 22.9 Å². The zero-order valence-corrected chi connectivity index (χ0v) is 15.4. The average molecular weight is 379 g/mol. The minimum Gasteiger partial charge on any atom is -0.361 e. The van der Waals surface area contributed by atoms with Crippen molar-refractivity contribution in [3.63, 3.8) is 0 Å². The highest BCUT2D eigenvalue weighted by atomic mass is 16.2. The Morgan fingerprint density at radius 1 is 0.966 bits per heavy atom. The number of rotatable bonds is 4. The number of aromatic nitrogens is 3. The Hall–Kier alpha value is -4.19. The summed E-state index contributed by atoms with van der Waals surface area (Å²) in [5, 5.41) is 14.5. The molecule has 29 heavy (non-hydrogen) atoms. The van der Waals surface area contributed by atoms with E-state index in [1.165, 1.54) is 0 Å². The van der Waals surface area contributed by atoms with Crippen LogP contribution in [0.5, 0.6) is 0 Å². The molecule has 5 aromatic rings. The van der Waals surface area contributed by atoms with Gasteiger partial charge in [-0.1, -0.05) is 60.7 Å². The third-order valence-electron chi connectivity index (χ3n) is 4.88. The van der Waals surface area contributed by atoms with E-state index in [0.717, 1.165) is 32.8 Å². The second-order valence-electron chi connectivity index (χ2n) is 6.68. The number of hydrogen-bond acceptors (Lipinski definition) is 3. The molecule has 0 aliphatic rings. The summed E-state index contributed by atoms with van der Waals surface area (Å²) in [5.74, 6) is -0.347. The molecule has 0 aliphatic heterocycles. The molecule has 0 unspecified atom stereocenters. The van der Waals surface area contributed by atoms with E-state index in [2.05, 4.69) is 37.8 Å². The molecule has 6 heteroatoms. The van der Waals surface area contributed by atoms with E-state index in [1.807, 2.05) is 60.8 Å². The van der Waals surface area contributed by atoms with Gasteiger partial charge in [-0.2, -0.15) is 10.2 Å². The van der Waals surface area contributed by atoms with Gasteiger partial charge in [-0.25, -0.2) is 5.43 Å². The minimum absolute atomic E-state index is 0.347. The van der Waals surface area contributed by atoms with Gasteiger partial charge in [0.15, 0.2) is 0 Å². The maximum atomic E-state index is 12.4. The predicted molar refractivity (Wildman–Crippen MR) is 115 cm³/mol. The number of hydrazone groups is 1. The van der Waals surface area contributed by atoms with Gasteiger partial charge in [-0.3, -0.25) is 9.89 Å². The Bertz CT molecular complexity index is 1360. The van der Waals surface area contributed by atoms with Crippen LogP contribution in [-0.2, 0) is 0 Å². The monoisotopic (exact) mass is 379 g/mol. The minimum atomic E-state index is -0.347. The zero-order valence-electron chi connectivity index (χ0n) is 15.4. The molecule has 0 saturated heterocycles. The van der Waals surface area contributed by atoms with Crippen molar-refractivity contribution < 1.29 is 4.79 Å². The zero-order chi connectivity index (χ0) is 19.6. The molecule has 1 amide bonds. The lowest BCUT2D eigenvalue weighted by atomic mass is 10.0. The van der Waals surface area contributed by atoms with Crippen LogP contribution in [-0.4, -0.2) is 27.3 Å². The molecule has 2 aromatic heterocycles. The number of carbonyl (C=O) groups excluding carboxylic acids is 1. The summed E-state index contributed by atoms with van der Waals surface area (Å²) in [5.41, 5.74) is 6.51. The summed E-state index contributed by atoms with van der Waals surface area (Å²) in [6.45, 7) is 0. The molecule has 0 aliphatic carbocycles. The van der Waals surface area contributed by atoms with Crippen LogP contribution in [0.15, 0.2) is 84.1 Å². The number of aromatic amines is 2. The SMILES string of the molecule is O=C(N/N=C/c1c[nH]c2ccccc12)c1cc(-c2cccc3ccccc23)n[nH]1. The second-order valence-corrected chi connectivity index (χ2v) is 6.68. The van der Waals surface area contributed by atoms with Crippen molar-refractivity contribution in [2.45, 2.75) is 0 Å². The topological polar surface area (TPSA) is 85.9 Å². The summed E-state index contributed by atoms with van der Waals surface area (Å²) in [6.07, 6.45) is 3.48. The van der Waals surface area contributed by atoms with Crippen LogP contribution in [0.3, 0.4) is 0 Å². The van der Waals surface area contributed by atoms with Gasteiger partial charge < -0.3 is 4.98 Å². The van der Waals surface area contributed by atoms with Crippen molar-refractivity contribution in [1.29, 1.82) is 0 Å². The normalized spacial score (nSPS) is 11.4. The Balaban J connectivity index is 1.36. The number of para-hydroxylation sites is 1. The maximum Gasteiger partial charge on any atom is 0.289 e. The molecule has 0 spiro atoms. The van der Waals surface area contributed by atoms with Crippen LogP contribution in [0.4, 0.5) is 0 Å². The first kappa shape index (κ1) is 16.9. The van der Waals surface area contributed by atoms with E-state index in [0.29, 0.717) is 11.4 Å². The summed E-state index contributed by atoms with van der Waals surface area (Å²) in [4.78, 5) is 15.6. The van der Waals surface area contributed by atoms with Gasteiger partial charge >= 0.3 is 0 Å². The molecule has 0 fully saturated rings. The molecular weight excluding hydrogens is 362 g/mol. The quantitative estimate of drug-likeness (QED) is 0.318. The van der Waals surface area contributed by atoms with Gasteiger partial charge in [-0.15, -0.1) is 0 Å². The number of carbonyl (C=O) groups is 1. The Labute approximate surface area is 166 Å². The molecule has 0 bridgehead atoms. The summed E-state index contributed by atoms with van der Waals surface area (Å²) in [7, 11) is 0. The second kappa shape index (κ2) is 7.09. The number of fused-ring (bicyclic) bond motifs is 2. The van der Waals surface area contributed by atoms with Crippen LogP contribution in [0.25, 0.3) is 32.9 Å². The van der Waals surface area contributed by atoms with Crippen LogP contribution in [0.1, 0.15) is 16.1 Å². The van der Waals surface area contributed by atoms with Gasteiger partial charge in [0.2, 0.25) is 0 Å². The maximum absolute atomic E-state index is 12.4. The van der Waals surface area contributed by atoms with Gasteiger partial charge in [0.25, 0.3) is 5.91 Å². The average Bonchev–Trinajstić information content (AvgIpc) is 3.41. The smallest absolute Gasteiger partial charge is 0.289 e. The van der Waals surface area contributed by atoms with E-state index in [9.17, 15) is 4.79 Å². The first-order valence-electron chi connectivity index (χ1n) is 9.23. The lowest BCUT2D eigenvalue weighted by molar-refractivity contribution is 0.0950. The number of nitrogens with one attached hydrogen (secondary N) is 3. The van der Waals surface area contributed by atoms with Crippen LogP contribution in [0, 0.1) is 0 Å². The largest absolute Gasteiger partial charge is 0.361 e. The van der Waals surface area contributed by atoms with E-state index < -0.39 is 0 Å². The lowest BCUT2D eigenvalue weighted by Gasteiger charge is -2.02. The lowest BCUT2D eigenvalue weighted by Crippen LogP contribution is -2.17. The number of H-pyrrole nitrogens is 2. The van der Waals surface area contributed by atoms with Crippen molar-refractivity contribution in [3.8, 4) is 11.3 Å². The number of nitrogens with zero attached hydrogens (tertiary/aromatic N) is 2. The number of benzene rings is 3. The predicted octanol–water partition coefficient (Wildman–Crippen LogP) is 4.48. The van der Waals surface area contributed by atoms with Crippen LogP contribution >= 0.6 is 0 Å². The highest BCUT2D eigenvalue weighted by molar-refractivity contribution is 6.01. The molecule has 3 N–H and O–H groups in total. The standard InChI is InChI=1S/C23H17N5O/c29-23(28-25-14-16-13-24-20-11-4-3-9-18(16)20)22-12-21(26-27-22)19-10-5-7-15-6-1-2-8-17(15)19/h1-14,24H,(H,26,27)(H,28,29)/b25-14+. The van der Waals surface area contributed by atoms with Crippen molar-refractivity contribution in [1.82, 2.24) is 20.6 Å². The van der Waals surface area contributed by atoms with Crippen LogP contribution in [0.2, 0.25) is 0 Å². The van der Waals surface area contributed by atoms with Crippen molar-refractivity contribution in [3.05, 3.63) is 90.3 Å². The molecular formula is C23H17N5O. The fraction of sp³-hybridized carbons (Fsp3) is 0. The third-order valence-corrected chi connectivity index (χ3v) is 4.88. The molecule has 6 nitrogen and oxygen atoms in total. The first-order valence-corrected chi connectivity index (χ1v) is 9.23. The number of hydrogen-bond donors (Lipinski definition) is 3. The van der Waals surface area contributed by atoms with Gasteiger partial charge in [0, 0.05) is 28.2 Å². The Morgan fingerprint density at radius 2 is 1.76 bits per heavy atom. The molecule has 0 atom stereocenters. The summed E-state index contributed by atoms with van der Waals surface area (Å²) in [6, 6.07) is 23.8. The number of amides is 1. The Morgan fingerprint density at radius 3 is 2.69 bits per heavy atom. The highest BCUT2D eigenvalue weighted by Crippen LogP contribution is 2.27. The van der Waals surface area contributed by atoms with Crippen molar-refractivity contribution in [2.24, 2.45) is 5.10 Å². The van der Waals surface area contributed by atoms with Gasteiger partial charge in [0.05, 0.1) is 11.9 Å². The molecule has 3 aromatic carbocycles. The third kappa shape index (κ3) is 3.17. The highest BCUT2D eigenvalue weighted by Gasteiger charge is 2.12. The van der Waals surface area contributed by atoms with Crippen molar-refractivity contribution >= 4 is 33.8 Å². The summed E-state index contributed by atoms with van der Waals surface area (Å²) < 4.78 is 0. The van der Waals surface area contributed by atoms with E-state index in [1.54, 1.807) is 12.3 Å². The van der Waals surface area contributed by atoms with E-state index >= 15 is 0 Å². The molecule has 2 heterocycles. The van der Waals surface area contributed by atoms with E-state index in [4.69, 9.17) is 0 Å². The molecule has 5 rings (SSSR count).